The molecule has 3 atom stereocenters. The minimum atomic E-state index is -0.575. The molecule has 0 aromatic heterocycles. The molecule has 1 aliphatic rings. The molecule has 1 saturated carbocycles. The van der Waals surface area contributed by atoms with Crippen molar-refractivity contribution in [1.29, 1.82) is 0 Å². The lowest BCUT2D eigenvalue weighted by Gasteiger charge is -2.12. The molecule has 0 heterocycles. The monoisotopic (exact) mass is 253 g/mol. The zero-order valence-electron chi connectivity index (χ0n) is 9.84. The number of amides is 1. The Hall–Kier alpha value is -1.46. The van der Waals surface area contributed by atoms with E-state index in [0.29, 0.717) is 18.4 Å². The zero-order valence-corrected chi connectivity index (χ0v) is 9.84. The van der Waals surface area contributed by atoms with Gasteiger partial charge in [-0.25, -0.2) is 4.39 Å². The quantitative estimate of drug-likeness (QED) is 0.742. The lowest BCUT2D eigenvalue weighted by molar-refractivity contribution is 0.0903. The third kappa shape index (κ3) is 2.86. The second-order valence-corrected chi connectivity index (χ2v) is 4.66. The highest BCUT2D eigenvalue weighted by atomic mass is 19.1. The van der Waals surface area contributed by atoms with Gasteiger partial charge in [0.1, 0.15) is 5.82 Å². The third-order valence-corrected chi connectivity index (χ3v) is 3.33. The number of carbonyl (C=O) groups excluding carboxylic acids is 1. The zero-order chi connectivity index (χ0) is 13.1. The molecule has 1 fully saturated rings. The Morgan fingerprint density at radius 2 is 2.00 bits per heavy atom. The smallest absolute Gasteiger partial charge is 0.251 e. The minimum absolute atomic E-state index is 0.0793. The Bertz CT molecular complexity index is 421. The van der Waals surface area contributed by atoms with E-state index in [0.717, 1.165) is 0 Å². The molecule has 3 N–H and O–H groups in total. The van der Waals surface area contributed by atoms with E-state index in [4.69, 9.17) is 5.11 Å². The van der Waals surface area contributed by atoms with E-state index in [1.54, 1.807) is 0 Å². The predicted octanol–water partition coefficient (Wildman–Crippen LogP) is 0.687. The summed E-state index contributed by atoms with van der Waals surface area (Å²) in [6.07, 6.45) is 0.427. The van der Waals surface area contributed by atoms with Crippen molar-refractivity contribution in [2.24, 2.45) is 5.92 Å². The predicted molar refractivity (Wildman–Crippen MR) is 63.5 cm³/mol. The van der Waals surface area contributed by atoms with Gasteiger partial charge < -0.3 is 15.5 Å². The lowest BCUT2D eigenvalue weighted by Crippen LogP contribution is -2.33. The number of benzene rings is 1. The summed E-state index contributed by atoms with van der Waals surface area (Å²) in [6.45, 7) is -0.0793. The van der Waals surface area contributed by atoms with E-state index in [2.05, 4.69) is 5.32 Å². The number of aliphatic hydroxyl groups excluding tert-OH is 2. The van der Waals surface area contributed by atoms with Crippen LogP contribution in [0.2, 0.25) is 0 Å². The van der Waals surface area contributed by atoms with Gasteiger partial charge in [-0.3, -0.25) is 4.79 Å². The molecule has 1 amide bonds. The minimum Gasteiger partial charge on any atom is -0.396 e. The number of halogens is 1. The van der Waals surface area contributed by atoms with Crippen LogP contribution in [0.25, 0.3) is 0 Å². The van der Waals surface area contributed by atoms with Crippen LogP contribution < -0.4 is 5.32 Å². The van der Waals surface area contributed by atoms with E-state index in [1.165, 1.54) is 24.3 Å². The fourth-order valence-electron chi connectivity index (χ4n) is 2.29. The van der Waals surface area contributed by atoms with Crippen LogP contribution in [0, 0.1) is 11.7 Å². The summed E-state index contributed by atoms with van der Waals surface area (Å²) in [5.41, 5.74) is 0.387. The van der Waals surface area contributed by atoms with Crippen LogP contribution >= 0.6 is 0 Å². The van der Waals surface area contributed by atoms with Gasteiger partial charge in [-0.1, -0.05) is 0 Å². The van der Waals surface area contributed by atoms with Crippen LogP contribution in [0.3, 0.4) is 0 Å². The molecule has 1 aromatic carbocycles. The summed E-state index contributed by atoms with van der Waals surface area (Å²) >= 11 is 0. The summed E-state index contributed by atoms with van der Waals surface area (Å²) in [4.78, 5) is 11.8. The van der Waals surface area contributed by atoms with Crippen molar-refractivity contribution >= 4 is 5.91 Å². The van der Waals surface area contributed by atoms with Gasteiger partial charge in [-0.05, 0) is 37.1 Å². The lowest BCUT2D eigenvalue weighted by atomic mass is 10.1. The molecule has 1 aliphatic carbocycles. The van der Waals surface area contributed by atoms with E-state index >= 15 is 0 Å². The number of carbonyl (C=O) groups is 1. The van der Waals surface area contributed by atoms with Crippen molar-refractivity contribution in [3.05, 3.63) is 35.6 Å². The molecule has 0 aliphatic heterocycles. The first-order valence-corrected chi connectivity index (χ1v) is 5.95. The Morgan fingerprint density at radius 3 is 2.56 bits per heavy atom. The number of rotatable bonds is 3. The van der Waals surface area contributed by atoms with E-state index < -0.39 is 6.10 Å². The maximum absolute atomic E-state index is 12.7. The van der Waals surface area contributed by atoms with Crippen molar-refractivity contribution in [3.8, 4) is 0 Å². The van der Waals surface area contributed by atoms with Gasteiger partial charge in [-0.15, -0.1) is 0 Å². The number of aliphatic hydroxyl groups is 2. The van der Waals surface area contributed by atoms with Gasteiger partial charge in [0.25, 0.3) is 5.91 Å². The first kappa shape index (κ1) is 13.0. The summed E-state index contributed by atoms with van der Waals surface area (Å²) in [5, 5.41) is 21.4. The van der Waals surface area contributed by atoms with Crippen LogP contribution in [0.1, 0.15) is 23.2 Å². The average Bonchev–Trinajstić information content (AvgIpc) is 2.70. The topological polar surface area (TPSA) is 69.6 Å². The normalized spacial score (nSPS) is 27.2. The largest absolute Gasteiger partial charge is 0.396 e. The molecule has 1 aromatic rings. The molecule has 0 spiro atoms. The molecule has 0 bridgehead atoms. The summed E-state index contributed by atoms with van der Waals surface area (Å²) < 4.78 is 12.7. The Balaban J connectivity index is 1.94. The van der Waals surface area contributed by atoms with Crippen LogP contribution in [0.5, 0.6) is 0 Å². The molecule has 3 unspecified atom stereocenters. The van der Waals surface area contributed by atoms with Crippen molar-refractivity contribution in [2.45, 2.75) is 25.0 Å². The van der Waals surface area contributed by atoms with Gasteiger partial charge in [0, 0.05) is 24.1 Å². The molecule has 4 nitrogen and oxygen atoms in total. The molecule has 98 valence electrons. The van der Waals surface area contributed by atoms with Crippen molar-refractivity contribution in [3.63, 3.8) is 0 Å². The van der Waals surface area contributed by atoms with Crippen LogP contribution in [-0.2, 0) is 0 Å². The molecule has 2 rings (SSSR count). The molecular weight excluding hydrogens is 237 g/mol. The van der Waals surface area contributed by atoms with E-state index in [9.17, 15) is 14.3 Å². The van der Waals surface area contributed by atoms with Gasteiger partial charge in [0.05, 0.1) is 6.10 Å². The molecule has 18 heavy (non-hydrogen) atoms. The highest BCUT2D eigenvalue weighted by molar-refractivity contribution is 5.94. The Morgan fingerprint density at radius 1 is 1.33 bits per heavy atom. The molecule has 0 saturated heterocycles. The van der Waals surface area contributed by atoms with Gasteiger partial charge >= 0.3 is 0 Å². The van der Waals surface area contributed by atoms with Crippen molar-refractivity contribution in [1.82, 2.24) is 5.32 Å². The van der Waals surface area contributed by atoms with Crippen LogP contribution in [0.15, 0.2) is 24.3 Å². The Labute approximate surface area is 104 Å². The fourth-order valence-corrected chi connectivity index (χ4v) is 2.29. The highest BCUT2D eigenvalue weighted by Crippen LogP contribution is 2.25. The third-order valence-electron chi connectivity index (χ3n) is 3.33. The second kappa shape index (κ2) is 5.46. The summed E-state index contributed by atoms with van der Waals surface area (Å²) in [6, 6.07) is 5.15. The Kier molecular flexibility index (Phi) is 3.93. The van der Waals surface area contributed by atoms with Gasteiger partial charge in [0.2, 0.25) is 0 Å². The maximum atomic E-state index is 12.7. The molecular formula is C13H16FNO3. The first-order valence-electron chi connectivity index (χ1n) is 5.95. The van der Waals surface area contributed by atoms with Crippen LogP contribution in [0.4, 0.5) is 4.39 Å². The first-order chi connectivity index (χ1) is 8.60. The molecule has 0 radical (unpaired) electrons. The molecule has 5 heteroatoms. The van der Waals surface area contributed by atoms with Gasteiger partial charge in [-0.2, -0.15) is 0 Å². The van der Waals surface area contributed by atoms with E-state index in [-0.39, 0.29) is 30.3 Å². The van der Waals surface area contributed by atoms with E-state index in [1.807, 2.05) is 0 Å². The van der Waals surface area contributed by atoms with Crippen molar-refractivity contribution < 1.29 is 19.4 Å². The standard InChI is InChI=1S/C13H16FNO3/c14-10-3-1-8(2-4-10)13(18)15-11-5-9(7-16)12(17)6-11/h1-4,9,11-12,16-17H,5-7H2,(H,15,18). The second-order valence-electron chi connectivity index (χ2n) is 4.66. The summed E-state index contributed by atoms with van der Waals surface area (Å²) in [5.74, 6) is -0.850. The average molecular weight is 253 g/mol. The summed E-state index contributed by atoms with van der Waals surface area (Å²) in [7, 11) is 0. The fraction of sp³-hybridized carbons (Fsp3) is 0.462. The van der Waals surface area contributed by atoms with Crippen LogP contribution in [-0.4, -0.2) is 34.9 Å². The number of hydrogen-bond acceptors (Lipinski definition) is 3. The van der Waals surface area contributed by atoms with Gasteiger partial charge in [0.15, 0.2) is 0 Å². The number of hydrogen-bond donors (Lipinski definition) is 3. The SMILES string of the molecule is O=C(NC1CC(O)C(CO)C1)c1ccc(F)cc1. The maximum Gasteiger partial charge on any atom is 0.251 e. The van der Waals surface area contributed by atoms with Crippen molar-refractivity contribution in [2.75, 3.05) is 6.61 Å². The highest BCUT2D eigenvalue weighted by Gasteiger charge is 2.33. The number of nitrogens with one attached hydrogen (secondary N) is 1.